The van der Waals surface area contributed by atoms with Crippen LogP contribution in [0.4, 0.5) is 18.9 Å². The number of carboxylic acid groups (broad SMARTS) is 1. The highest BCUT2D eigenvalue weighted by Gasteiger charge is 2.35. The van der Waals surface area contributed by atoms with Gasteiger partial charge in [-0.25, -0.2) is 4.79 Å². The zero-order valence-electron chi connectivity index (χ0n) is 11.4. The lowest BCUT2D eigenvalue weighted by Gasteiger charge is -2.23. The number of aromatic carboxylic acids is 1. The number of halogens is 3. The first-order valence-electron chi connectivity index (χ1n) is 6.05. The molecule has 0 fully saturated rings. The molecule has 8 heteroatoms. The second-order valence-electron chi connectivity index (χ2n) is 4.45. The highest BCUT2D eigenvalue weighted by molar-refractivity contribution is 7.99. The molecule has 1 rings (SSSR count). The number of hydrogen-bond donors (Lipinski definition) is 3. The molecule has 2 unspecified atom stereocenters. The maximum absolute atomic E-state index is 12.7. The normalized spacial score (nSPS) is 14.6. The summed E-state index contributed by atoms with van der Waals surface area (Å²) in [5.74, 6) is -1.64. The molecule has 0 aliphatic rings. The Balaban J connectivity index is 3.07. The van der Waals surface area contributed by atoms with Crippen molar-refractivity contribution in [1.29, 1.82) is 0 Å². The molecule has 0 aromatic heterocycles. The maximum atomic E-state index is 12.7. The molecular formula is C13H16F3NO3S. The lowest BCUT2D eigenvalue weighted by Crippen LogP contribution is -2.31. The van der Waals surface area contributed by atoms with Crippen LogP contribution in [0.3, 0.4) is 0 Å². The molecule has 2 atom stereocenters. The predicted octanol–water partition coefficient (Wildman–Crippen LogP) is 2.93. The molecule has 4 nitrogen and oxygen atoms in total. The van der Waals surface area contributed by atoms with Crippen LogP contribution in [0.1, 0.15) is 22.8 Å². The third-order valence-electron chi connectivity index (χ3n) is 2.99. The summed E-state index contributed by atoms with van der Waals surface area (Å²) >= 11 is 1.41. The van der Waals surface area contributed by atoms with Crippen molar-refractivity contribution in [2.24, 2.45) is 0 Å². The molecule has 1 aromatic carbocycles. The molecule has 3 N–H and O–H groups in total. The summed E-state index contributed by atoms with van der Waals surface area (Å²) in [6, 6.07) is 2.64. The van der Waals surface area contributed by atoms with Crippen LogP contribution in [-0.2, 0) is 6.18 Å². The molecule has 0 aliphatic heterocycles. The summed E-state index contributed by atoms with van der Waals surface area (Å²) in [5.41, 5.74) is -1.72. The average Bonchev–Trinajstić information content (AvgIpc) is 2.38. The van der Waals surface area contributed by atoms with Gasteiger partial charge in [0.1, 0.15) is 0 Å². The first-order chi connectivity index (χ1) is 9.70. The Labute approximate surface area is 124 Å². The van der Waals surface area contributed by atoms with E-state index in [1.54, 1.807) is 13.2 Å². The van der Waals surface area contributed by atoms with Crippen LogP contribution in [0.15, 0.2) is 18.2 Å². The van der Waals surface area contributed by atoms with Crippen molar-refractivity contribution in [3.8, 4) is 0 Å². The Morgan fingerprint density at radius 1 is 1.43 bits per heavy atom. The number of thioether (sulfide) groups is 1. The fraction of sp³-hybridized carbons (Fsp3) is 0.462. The fourth-order valence-corrected chi connectivity index (χ4v) is 2.48. The number of carboxylic acids is 1. The molecular weight excluding hydrogens is 307 g/mol. The highest BCUT2D eigenvalue weighted by atomic mass is 32.2. The van der Waals surface area contributed by atoms with Crippen molar-refractivity contribution in [3.05, 3.63) is 29.3 Å². The van der Waals surface area contributed by atoms with Crippen molar-refractivity contribution in [1.82, 2.24) is 0 Å². The lowest BCUT2D eigenvalue weighted by molar-refractivity contribution is -0.138. The van der Waals surface area contributed by atoms with E-state index in [1.807, 2.05) is 0 Å². The van der Waals surface area contributed by atoms with Gasteiger partial charge in [0, 0.05) is 17.0 Å². The first-order valence-corrected chi connectivity index (χ1v) is 7.34. The molecule has 0 radical (unpaired) electrons. The van der Waals surface area contributed by atoms with E-state index in [9.17, 15) is 18.0 Å². The standard InChI is InChI=1S/C13H16F3NO3S/c1-7(11(6-18)21-2)17-8-3-4-10(13(14,15)16)9(5-8)12(19)20/h3-5,7,11,17-18H,6H2,1-2H3,(H,19,20). The Hall–Kier alpha value is -1.41. The third-order valence-corrected chi connectivity index (χ3v) is 4.15. The van der Waals surface area contributed by atoms with Gasteiger partial charge in [-0.3, -0.25) is 0 Å². The van der Waals surface area contributed by atoms with Gasteiger partial charge in [0.15, 0.2) is 0 Å². The van der Waals surface area contributed by atoms with Crippen molar-refractivity contribution in [2.75, 3.05) is 18.2 Å². The van der Waals surface area contributed by atoms with Crippen molar-refractivity contribution >= 4 is 23.4 Å². The minimum atomic E-state index is -4.72. The van der Waals surface area contributed by atoms with E-state index in [-0.39, 0.29) is 23.6 Å². The quantitative estimate of drug-likeness (QED) is 0.751. The van der Waals surface area contributed by atoms with Crippen LogP contribution in [0.25, 0.3) is 0 Å². The molecule has 0 saturated carbocycles. The van der Waals surface area contributed by atoms with Gasteiger partial charge < -0.3 is 15.5 Å². The van der Waals surface area contributed by atoms with Crippen LogP contribution in [-0.4, -0.2) is 40.3 Å². The molecule has 0 spiro atoms. The van der Waals surface area contributed by atoms with Gasteiger partial charge >= 0.3 is 12.1 Å². The van der Waals surface area contributed by atoms with E-state index < -0.39 is 23.3 Å². The summed E-state index contributed by atoms with van der Waals surface area (Å²) in [6.07, 6.45) is -2.92. The van der Waals surface area contributed by atoms with Gasteiger partial charge in [0.05, 0.1) is 17.7 Å². The van der Waals surface area contributed by atoms with Crippen molar-refractivity contribution < 1.29 is 28.2 Å². The molecule has 118 valence electrons. The summed E-state index contributed by atoms with van der Waals surface area (Å²) in [7, 11) is 0. The molecule has 21 heavy (non-hydrogen) atoms. The zero-order chi connectivity index (χ0) is 16.2. The number of rotatable bonds is 6. The third kappa shape index (κ3) is 4.53. The Bertz CT molecular complexity index is 504. The van der Waals surface area contributed by atoms with Crippen molar-refractivity contribution in [3.63, 3.8) is 0 Å². The Morgan fingerprint density at radius 2 is 2.05 bits per heavy atom. The molecule has 0 saturated heterocycles. The summed E-state index contributed by atoms with van der Waals surface area (Å²) < 4.78 is 38.2. The number of anilines is 1. The minimum absolute atomic E-state index is 0.0955. The van der Waals surface area contributed by atoms with E-state index in [0.29, 0.717) is 0 Å². The lowest BCUT2D eigenvalue weighted by atomic mass is 10.1. The van der Waals surface area contributed by atoms with E-state index >= 15 is 0 Å². The highest BCUT2D eigenvalue weighted by Crippen LogP contribution is 2.33. The van der Waals surface area contributed by atoms with Crippen molar-refractivity contribution in [2.45, 2.75) is 24.4 Å². The Kier molecular flexibility index (Phi) is 5.91. The van der Waals surface area contributed by atoms with E-state index in [2.05, 4.69) is 5.32 Å². The van der Waals surface area contributed by atoms with Gasteiger partial charge in [-0.05, 0) is 31.4 Å². The van der Waals surface area contributed by atoms with Gasteiger partial charge in [-0.1, -0.05) is 0 Å². The van der Waals surface area contributed by atoms with E-state index in [4.69, 9.17) is 10.2 Å². The number of carbonyl (C=O) groups is 1. The average molecular weight is 323 g/mol. The van der Waals surface area contributed by atoms with E-state index in [0.717, 1.165) is 12.1 Å². The number of benzene rings is 1. The first kappa shape index (κ1) is 17.6. The minimum Gasteiger partial charge on any atom is -0.478 e. The second-order valence-corrected chi connectivity index (χ2v) is 5.53. The molecule has 0 heterocycles. The predicted molar refractivity (Wildman–Crippen MR) is 75.9 cm³/mol. The van der Waals surface area contributed by atoms with Crippen LogP contribution >= 0.6 is 11.8 Å². The number of nitrogens with one attached hydrogen (secondary N) is 1. The smallest absolute Gasteiger partial charge is 0.417 e. The van der Waals surface area contributed by atoms with Crippen LogP contribution in [0.5, 0.6) is 0 Å². The number of aliphatic hydroxyl groups is 1. The zero-order valence-corrected chi connectivity index (χ0v) is 12.3. The summed E-state index contributed by atoms with van der Waals surface area (Å²) in [6.45, 7) is 1.66. The topological polar surface area (TPSA) is 69.6 Å². The fourth-order valence-electron chi connectivity index (χ4n) is 1.85. The maximum Gasteiger partial charge on any atom is 0.417 e. The van der Waals surface area contributed by atoms with Crippen LogP contribution in [0, 0.1) is 0 Å². The second kappa shape index (κ2) is 7.04. The largest absolute Gasteiger partial charge is 0.478 e. The molecule has 0 bridgehead atoms. The van der Waals surface area contributed by atoms with Gasteiger partial charge in [0.2, 0.25) is 0 Å². The summed E-state index contributed by atoms with van der Waals surface area (Å²) in [5, 5.41) is 20.8. The van der Waals surface area contributed by atoms with Gasteiger partial charge in [-0.15, -0.1) is 0 Å². The molecule has 0 aliphatic carbocycles. The molecule has 0 amide bonds. The Morgan fingerprint density at radius 3 is 2.48 bits per heavy atom. The summed E-state index contributed by atoms with van der Waals surface area (Å²) in [4.78, 5) is 11.0. The van der Waals surface area contributed by atoms with Crippen LogP contribution < -0.4 is 5.32 Å². The van der Waals surface area contributed by atoms with E-state index in [1.165, 1.54) is 17.8 Å². The number of aliphatic hydroxyl groups excluding tert-OH is 1. The van der Waals surface area contributed by atoms with Gasteiger partial charge in [-0.2, -0.15) is 24.9 Å². The number of hydrogen-bond acceptors (Lipinski definition) is 4. The molecule has 1 aromatic rings. The SMILES string of the molecule is CSC(CO)C(C)Nc1ccc(C(F)(F)F)c(C(=O)O)c1. The van der Waals surface area contributed by atoms with Crippen LogP contribution in [0.2, 0.25) is 0 Å². The monoisotopic (exact) mass is 323 g/mol. The van der Waals surface area contributed by atoms with Gasteiger partial charge in [0.25, 0.3) is 0 Å². The number of alkyl halides is 3.